The highest BCUT2D eigenvalue weighted by Gasteiger charge is 2.23. The van der Waals surface area contributed by atoms with E-state index in [1.165, 1.54) is 11.1 Å². The molecule has 0 aromatic heterocycles. The number of aryl methyl sites for hydroxylation is 1. The molecule has 2 aromatic carbocycles. The zero-order valence-corrected chi connectivity index (χ0v) is 17.7. The van der Waals surface area contributed by atoms with Gasteiger partial charge in [-0.1, -0.05) is 12.1 Å². The fourth-order valence-corrected chi connectivity index (χ4v) is 3.53. The van der Waals surface area contributed by atoms with E-state index >= 15 is 0 Å². The Morgan fingerprint density at radius 3 is 2.52 bits per heavy atom. The molecule has 1 amide bonds. The molecule has 0 fully saturated rings. The van der Waals surface area contributed by atoms with Crippen molar-refractivity contribution in [2.45, 2.75) is 19.9 Å². The summed E-state index contributed by atoms with van der Waals surface area (Å²) in [6.45, 7) is 4.97. The predicted octanol–water partition coefficient (Wildman–Crippen LogP) is 2.91. The molecule has 0 spiro atoms. The molecule has 6 heteroatoms. The Labute approximate surface area is 173 Å². The summed E-state index contributed by atoms with van der Waals surface area (Å²) >= 11 is 0. The Balaban J connectivity index is 1.51. The number of hydrogen-bond acceptors (Lipinski definition) is 5. The fraction of sp³-hybridized carbons (Fsp3) is 0.435. The first-order valence-corrected chi connectivity index (χ1v) is 9.89. The number of carbonyl (C=O) groups is 1. The normalized spacial score (nSPS) is 13.2. The van der Waals surface area contributed by atoms with Gasteiger partial charge in [-0.25, -0.2) is 0 Å². The molecule has 0 unspecified atom stereocenters. The molecule has 0 bridgehead atoms. The van der Waals surface area contributed by atoms with Crippen LogP contribution in [-0.2, 0) is 17.8 Å². The van der Waals surface area contributed by atoms with Crippen molar-refractivity contribution in [2.75, 3.05) is 47.5 Å². The van der Waals surface area contributed by atoms with Crippen LogP contribution in [0.15, 0.2) is 36.4 Å². The van der Waals surface area contributed by atoms with E-state index in [1.807, 2.05) is 60.2 Å². The molecule has 0 aliphatic carbocycles. The van der Waals surface area contributed by atoms with Gasteiger partial charge in [0.05, 0.1) is 20.8 Å². The molecule has 29 heavy (non-hydrogen) atoms. The Morgan fingerprint density at radius 2 is 1.83 bits per heavy atom. The average molecular weight is 399 g/mol. The molecule has 156 valence electrons. The minimum atomic E-state index is 0.128. The minimum absolute atomic E-state index is 0.128. The van der Waals surface area contributed by atoms with Gasteiger partial charge in [-0.2, -0.15) is 0 Å². The highest BCUT2D eigenvalue weighted by atomic mass is 16.5. The van der Waals surface area contributed by atoms with Crippen molar-refractivity contribution in [3.05, 3.63) is 53.1 Å². The molecule has 0 N–H and O–H groups in total. The second-order valence-corrected chi connectivity index (χ2v) is 7.44. The van der Waals surface area contributed by atoms with Crippen molar-refractivity contribution in [3.63, 3.8) is 0 Å². The Bertz CT molecular complexity index is 853. The Morgan fingerprint density at radius 1 is 1.10 bits per heavy atom. The van der Waals surface area contributed by atoms with Crippen LogP contribution < -0.4 is 14.2 Å². The number of ether oxygens (including phenoxy) is 3. The maximum atomic E-state index is 12.8. The summed E-state index contributed by atoms with van der Waals surface area (Å²) in [5.74, 6) is 2.43. The van der Waals surface area contributed by atoms with Gasteiger partial charge in [0, 0.05) is 19.6 Å². The second-order valence-electron chi connectivity index (χ2n) is 7.44. The lowest BCUT2D eigenvalue weighted by molar-refractivity contribution is -0.133. The molecular weight excluding hydrogens is 368 g/mol. The third kappa shape index (κ3) is 5.41. The molecule has 1 heterocycles. The molecule has 1 aliphatic heterocycles. The van der Waals surface area contributed by atoms with E-state index in [0.717, 1.165) is 30.0 Å². The van der Waals surface area contributed by atoms with Gasteiger partial charge in [0.2, 0.25) is 5.91 Å². The summed E-state index contributed by atoms with van der Waals surface area (Å²) in [4.78, 5) is 16.7. The van der Waals surface area contributed by atoms with E-state index in [1.54, 1.807) is 14.2 Å². The second kappa shape index (κ2) is 9.65. The molecular formula is C23H30N2O4. The van der Waals surface area contributed by atoms with E-state index in [9.17, 15) is 4.79 Å². The Hall–Kier alpha value is -2.73. The first-order chi connectivity index (χ1) is 14.0. The van der Waals surface area contributed by atoms with Crippen LogP contribution in [0.3, 0.4) is 0 Å². The van der Waals surface area contributed by atoms with Crippen LogP contribution >= 0.6 is 0 Å². The molecule has 6 nitrogen and oxygen atoms in total. The van der Waals surface area contributed by atoms with Crippen LogP contribution in [0.4, 0.5) is 0 Å². The van der Waals surface area contributed by atoms with Crippen LogP contribution in [-0.4, -0.2) is 63.2 Å². The van der Waals surface area contributed by atoms with Crippen molar-refractivity contribution in [1.29, 1.82) is 0 Å². The SMILES string of the molecule is COc1cc2c(cc1OC)CN(C(=O)CN(C)CCOc1cccc(C)c1)CC2. The smallest absolute Gasteiger partial charge is 0.237 e. The van der Waals surface area contributed by atoms with Crippen molar-refractivity contribution < 1.29 is 19.0 Å². The number of benzene rings is 2. The van der Waals surface area contributed by atoms with Gasteiger partial charge in [-0.3, -0.25) is 9.69 Å². The summed E-state index contributed by atoms with van der Waals surface area (Å²) in [5, 5.41) is 0. The van der Waals surface area contributed by atoms with Gasteiger partial charge in [0.1, 0.15) is 12.4 Å². The van der Waals surface area contributed by atoms with Crippen molar-refractivity contribution in [3.8, 4) is 17.2 Å². The van der Waals surface area contributed by atoms with Crippen LogP contribution in [0.2, 0.25) is 0 Å². The molecule has 0 saturated carbocycles. The summed E-state index contributed by atoms with van der Waals surface area (Å²) in [5.41, 5.74) is 3.50. The van der Waals surface area contributed by atoms with Crippen molar-refractivity contribution in [2.24, 2.45) is 0 Å². The van der Waals surface area contributed by atoms with Gasteiger partial charge >= 0.3 is 0 Å². The average Bonchev–Trinajstić information content (AvgIpc) is 2.72. The zero-order valence-electron chi connectivity index (χ0n) is 17.7. The molecule has 3 rings (SSSR count). The highest BCUT2D eigenvalue weighted by molar-refractivity contribution is 5.78. The third-order valence-electron chi connectivity index (χ3n) is 5.21. The summed E-state index contributed by atoms with van der Waals surface area (Å²) in [7, 11) is 5.22. The standard InChI is InChI=1S/C23H30N2O4/c1-17-6-5-7-20(12-17)29-11-10-24(2)16-23(26)25-9-8-18-13-21(27-3)22(28-4)14-19(18)15-25/h5-7,12-14H,8-11,15-16H2,1-4H3. The van der Waals surface area contributed by atoms with Gasteiger partial charge in [-0.05, 0) is 61.3 Å². The fourth-order valence-electron chi connectivity index (χ4n) is 3.53. The maximum Gasteiger partial charge on any atom is 0.237 e. The molecule has 2 aromatic rings. The summed E-state index contributed by atoms with van der Waals surface area (Å²) in [6, 6.07) is 12.0. The lowest BCUT2D eigenvalue weighted by Crippen LogP contribution is -2.42. The van der Waals surface area contributed by atoms with E-state index < -0.39 is 0 Å². The van der Waals surface area contributed by atoms with Crippen molar-refractivity contribution >= 4 is 5.91 Å². The lowest BCUT2D eigenvalue weighted by Gasteiger charge is -2.31. The summed E-state index contributed by atoms with van der Waals surface area (Å²) < 4.78 is 16.6. The van der Waals surface area contributed by atoms with Crippen LogP contribution in [0.25, 0.3) is 0 Å². The molecule has 0 saturated heterocycles. The number of fused-ring (bicyclic) bond motifs is 1. The number of methoxy groups -OCH3 is 2. The molecule has 1 aliphatic rings. The first kappa shape index (κ1) is 21.0. The largest absolute Gasteiger partial charge is 0.493 e. The third-order valence-corrected chi connectivity index (χ3v) is 5.21. The van der Waals surface area contributed by atoms with Crippen molar-refractivity contribution in [1.82, 2.24) is 9.80 Å². The number of carbonyl (C=O) groups excluding carboxylic acids is 1. The quantitative estimate of drug-likeness (QED) is 0.684. The van der Waals surface area contributed by atoms with Gasteiger partial charge in [-0.15, -0.1) is 0 Å². The van der Waals surface area contributed by atoms with Gasteiger partial charge < -0.3 is 19.1 Å². The van der Waals surface area contributed by atoms with E-state index in [-0.39, 0.29) is 5.91 Å². The molecule has 0 radical (unpaired) electrons. The monoisotopic (exact) mass is 398 g/mol. The zero-order chi connectivity index (χ0) is 20.8. The van der Waals surface area contributed by atoms with E-state index in [2.05, 4.69) is 0 Å². The molecule has 0 atom stereocenters. The van der Waals surface area contributed by atoms with E-state index in [4.69, 9.17) is 14.2 Å². The minimum Gasteiger partial charge on any atom is -0.493 e. The number of likely N-dealkylation sites (N-methyl/N-ethyl adjacent to an activating group) is 1. The topological polar surface area (TPSA) is 51.2 Å². The first-order valence-electron chi connectivity index (χ1n) is 9.89. The van der Waals surface area contributed by atoms with Crippen LogP contribution in [0, 0.1) is 6.92 Å². The van der Waals surface area contributed by atoms with Gasteiger partial charge in [0.25, 0.3) is 0 Å². The van der Waals surface area contributed by atoms with Crippen LogP contribution in [0.5, 0.6) is 17.2 Å². The maximum absolute atomic E-state index is 12.8. The van der Waals surface area contributed by atoms with E-state index in [0.29, 0.717) is 32.0 Å². The number of nitrogens with zero attached hydrogens (tertiary/aromatic N) is 2. The predicted molar refractivity (Wildman–Crippen MR) is 113 cm³/mol. The van der Waals surface area contributed by atoms with Gasteiger partial charge in [0.15, 0.2) is 11.5 Å². The number of rotatable bonds is 8. The Kier molecular flexibility index (Phi) is 6.99. The highest BCUT2D eigenvalue weighted by Crippen LogP contribution is 2.33. The lowest BCUT2D eigenvalue weighted by atomic mass is 9.98. The number of hydrogen-bond donors (Lipinski definition) is 0. The summed E-state index contributed by atoms with van der Waals surface area (Å²) in [6.07, 6.45) is 0.821. The van der Waals surface area contributed by atoms with Crippen LogP contribution in [0.1, 0.15) is 16.7 Å². The number of amides is 1.